The maximum absolute atomic E-state index is 3.27. The summed E-state index contributed by atoms with van der Waals surface area (Å²) in [5, 5.41) is 3.27. The van der Waals surface area contributed by atoms with Gasteiger partial charge in [-0.25, -0.2) is 0 Å². The van der Waals surface area contributed by atoms with Gasteiger partial charge in [-0.2, -0.15) is 0 Å². The lowest BCUT2D eigenvalue weighted by atomic mass is 10.1. The topological polar surface area (TPSA) is 12.0 Å². The van der Waals surface area contributed by atoms with Crippen LogP contribution in [0.1, 0.15) is 26.7 Å². The molecule has 1 heterocycles. The Bertz CT molecular complexity index is 209. The Labute approximate surface area is 68.5 Å². The lowest BCUT2D eigenvalue weighted by molar-refractivity contribution is 0.904. The third-order valence-corrected chi connectivity index (χ3v) is 1.88. The molecular formula is C10H15N. The van der Waals surface area contributed by atoms with Crippen molar-refractivity contribution >= 4 is 0 Å². The molecule has 0 aromatic carbocycles. The zero-order valence-corrected chi connectivity index (χ0v) is 7.22. The van der Waals surface area contributed by atoms with Crippen LogP contribution in [0.5, 0.6) is 0 Å². The zero-order valence-electron chi connectivity index (χ0n) is 7.22. The first-order valence-electron chi connectivity index (χ1n) is 4.20. The van der Waals surface area contributed by atoms with Crippen LogP contribution in [-0.4, -0.2) is 0 Å². The van der Waals surface area contributed by atoms with Crippen LogP contribution in [-0.2, 0) is 0 Å². The molecule has 11 heavy (non-hydrogen) atoms. The molecular weight excluding hydrogens is 134 g/mol. The molecule has 0 unspecified atom stereocenters. The quantitative estimate of drug-likeness (QED) is 0.636. The van der Waals surface area contributed by atoms with E-state index in [1.165, 1.54) is 11.3 Å². The van der Waals surface area contributed by atoms with E-state index in [-0.39, 0.29) is 0 Å². The fourth-order valence-electron chi connectivity index (χ4n) is 1.23. The van der Waals surface area contributed by atoms with Gasteiger partial charge in [0.25, 0.3) is 0 Å². The summed E-state index contributed by atoms with van der Waals surface area (Å²) >= 11 is 0. The summed E-state index contributed by atoms with van der Waals surface area (Å²) in [5.41, 5.74) is 2.76. The van der Waals surface area contributed by atoms with E-state index in [4.69, 9.17) is 0 Å². The highest BCUT2D eigenvalue weighted by Gasteiger charge is 1.99. The Morgan fingerprint density at radius 3 is 2.64 bits per heavy atom. The second-order valence-corrected chi connectivity index (χ2v) is 2.57. The third kappa shape index (κ3) is 1.97. The second-order valence-electron chi connectivity index (χ2n) is 2.57. The van der Waals surface area contributed by atoms with Crippen molar-refractivity contribution in [2.75, 3.05) is 0 Å². The van der Waals surface area contributed by atoms with E-state index < -0.39 is 0 Å². The zero-order chi connectivity index (χ0) is 8.10. The van der Waals surface area contributed by atoms with E-state index in [2.05, 4.69) is 31.3 Å². The highest BCUT2D eigenvalue weighted by atomic mass is 14.8. The monoisotopic (exact) mass is 149 g/mol. The van der Waals surface area contributed by atoms with E-state index in [1.807, 2.05) is 12.3 Å². The predicted octanol–water partition coefficient (Wildman–Crippen LogP) is 2.73. The third-order valence-electron chi connectivity index (χ3n) is 1.88. The molecule has 0 saturated carbocycles. The minimum absolute atomic E-state index is 1.08. The molecule has 0 aliphatic carbocycles. The summed E-state index contributed by atoms with van der Waals surface area (Å²) in [4.78, 5) is 0. The van der Waals surface area contributed by atoms with E-state index in [0.717, 1.165) is 12.8 Å². The number of nitrogens with one attached hydrogen (secondary N) is 1. The van der Waals surface area contributed by atoms with Crippen molar-refractivity contribution in [3.05, 3.63) is 35.7 Å². The first-order chi connectivity index (χ1) is 5.38. The van der Waals surface area contributed by atoms with Crippen LogP contribution in [0.3, 0.4) is 0 Å². The molecule has 0 amide bonds. The molecule has 60 valence electrons. The maximum Gasteiger partial charge on any atom is 0.0176 e. The smallest absolute Gasteiger partial charge is 0.0176 e. The average Bonchev–Trinajstić information content (AvgIpc) is 2.27. The predicted molar refractivity (Wildman–Crippen MR) is 49.0 cm³/mol. The van der Waals surface area contributed by atoms with Gasteiger partial charge < -0.3 is 5.32 Å². The van der Waals surface area contributed by atoms with E-state index in [1.54, 1.807) is 0 Å². The van der Waals surface area contributed by atoms with Crippen molar-refractivity contribution in [2.45, 2.75) is 26.7 Å². The summed E-state index contributed by atoms with van der Waals surface area (Å²) in [6, 6.07) is 0. The summed E-state index contributed by atoms with van der Waals surface area (Å²) in [5.74, 6) is 0. The first kappa shape index (κ1) is 8.12. The lowest BCUT2D eigenvalue weighted by Gasteiger charge is -2.07. The number of rotatable bonds is 2. The molecule has 1 aliphatic rings. The molecule has 0 aromatic rings. The molecule has 0 radical (unpaired) electrons. The van der Waals surface area contributed by atoms with Crippen molar-refractivity contribution in [3.63, 3.8) is 0 Å². The van der Waals surface area contributed by atoms with Crippen LogP contribution in [0.25, 0.3) is 0 Å². The van der Waals surface area contributed by atoms with Crippen LogP contribution >= 0.6 is 0 Å². The molecule has 1 rings (SSSR count). The Morgan fingerprint density at radius 1 is 1.18 bits per heavy atom. The highest BCUT2D eigenvalue weighted by Crippen LogP contribution is 2.13. The molecule has 0 bridgehead atoms. The van der Waals surface area contributed by atoms with Crippen molar-refractivity contribution in [2.24, 2.45) is 0 Å². The van der Waals surface area contributed by atoms with Gasteiger partial charge in [-0.3, -0.25) is 0 Å². The molecule has 1 heteroatoms. The van der Waals surface area contributed by atoms with Crippen LogP contribution in [0, 0.1) is 0 Å². The minimum Gasteiger partial charge on any atom is -0.365 e. The van der Waals surface area contributed by atoms with Crippen molar-refractivity contribution in [1.82, 2.24) is 5.32 Å². The Morgan fingerprint density at radius 2 is 2.00 bits per heavy atom. The normalized spacial score (nSPS) is 16.5. The standard InChI is InChI=1S/C10H15N/c1-3-9-7-5-6-8-11-10(9)4-2/h5-8,11H,3-4H2,1-2H3. The molecule has 1 N–H and O–H groups in total. The van der Waals surface area contributed by atoms with Gasteiger partial charge in [-0.1, -0.05) is 26.0 Å². The molecule has 0 saturated heterocycles. The fourth-order valence-corrected chi connectivity index (χ4v) is 1.23. The van der Waals surface area contributed by atoms with Gasteiger partial charge in [0.15, 0.2) is 0 Å². The lowest BCUT2D eigenvalue weighted by Crippen LogP contribution is -2.05. The average molecular weight is 149 g/mol. The van der Waals surface area contributed by atoms with E-state index >= 15 is 0 Å². The van der Waals surface area contributed by atoms with Gasteiger partial charge in [0, 0.05) is 11.9 Å². The Balaban J connectivity index is 2.85. The van der Waals surface area contributed by atoms with Crippen LogP contribution in [0.15, 0.2) is 35.7 Å². The van der Waals surface area contributed by atoms with Gasteiger partial charge in [0.1, 0.15) is 0 Å². The van der Waals surface area contributed by atoms with Crippen molar-refractivity contribution in [1.29, 1.82) is 0 Å². The second kappa shape index (κ2) is 4.02. The SMILES string of the molecule is CCC1=C(CC)NC=CC=C1. The Kier molecular flexibility index (Phi) is 2.96. The van der Waals surface area contributed by atoms with E-state index in [0.29, 0.717) is 0 Å². The van der Waals surface area contributed by atoms with Crippen LogP contribution < -0.4 is 5.32 Å². The largest absolute Gasteiger partial charge is 0.365 e. The van der Waals surface area contributed by atoms with Gasteiger partial charge in [-0.15, -0.1) is 0 Å². The first-order valence-corrected chi connectivity index (χ1v) is 4.20. The summed E-state index contributed by atoms with van der Waals surface area (Å²) in [6.07, 6.45) is 10.5. The van der Waals surface area contributed by atoms with Gasteiger partial charge >= 0.3 is 0 Å². The van der Waals surface area contributed by atoms with E-state index in [9.17, 15) is 0 Å². The molecule has 0 atom stereocenters. The molecule has 1 nitrogen and oxygen atoms in total. The number of hydrogen-bond acceptors (Lipinski definition) is 1. The van der Waals surface area contributed by atoms with Gasteiger partial charge in [0.05, 0.1) is 0 Å². The summed E-state index contributed by atoms with van der Waals surface area (Å²) in [6.45, 7) is 4.35. The van der Waals surface area contributed by atoms with Gasteiger partial charge in [0.2, 0.25) is 0 Å². The minimum atomic E-state index is 1.08. The van der Waals surface area contributed by atoms with Crippen molar-refractivity contribution in [3.8, 4) is 0 Å². The van der Waals surface area contributed by atoms with Crippen LogP contribution in [0.2, 0.25) is 0 Å². The molecule has 1 aliphatic heterocycles. The fraction of sp³-hybridized carbons (Fsp3) is 0.400. The molecule has 0 aromatic heterocycles. The van der Waals surface area contributed by atoms with Crippen molar-refractivity contribution < 1.29 is 0 Å². The highest BCUT2D eigenvalue weighted by molar-refractivity contribution is 5.30. The number of allylic oxidation sites excluding steroid dienone is 5. The summed E-state index contributed by atoms with van der Waals surface area (Å²) in [7, 11) is 0. The van der Waals surface area contributed by atoms with Crippen LogP contribution in [0.4, 0.5) is 0 Å². The summed E-state index contributed by atoms with van der Waals surface area (Å²) < 4.78 is 0. The van der Waals surface area contributed by atoms with Gasteiger partial charge in [-0.05, 0) is 24.5 Å². The number of hydrogen-bond donors (Lipinski definition) is 1. The molecule has 0 spiro atoms. The Hall–Kier alpha value is -0.980. The molecule has 0 fully saturated rings. The maximum atomic E-state index is 3.27.